The highest BCUT2D eigenvalue weighted by Crippen LogP contribution is 2.32. The molecule has 0 amide bonds. The molecule has 2 nitrogen and oxygen atoms in total. The van der Waals surface area contributed by atoms with Crippen molar-refractivity contribution in [2.24, 2.45) is 11.8 Å². The molecule has 0 unspecified atom stereocenters. The fourth-order valence-corrected chi connectivity index (χ4v) is 4.86. The molecular formula is C24H32F2O2S. The van der Waals surface area contributed by atoms with Crippen LogP contribution in [0, 0.1) is 37.3 Å². The number of aryl methyl sites for hydroxylation is 2. The summed E-state index contributed by atoms with van der Waals surface area (Å²) in [6, 6.07) is 5.73. The molecule has 0 saturated heterocycles. The van der Waals surface area contributed by atoms with E-state index in [4.69, 9.17) is 0 Å². The zero-order chi connectivity index (χ0) is 21.9. The summed E-state index contributed by atoms with van der Waals surface area (Å²) in [5.41, 5.74) is 2.22. The number of sulfone groups is 1. The van der Waals surface area contributed by atoms with Gasteiger partial charge in [-0.25, -0.2) is 17.2 Å². The lowest BCUT2D eigenvalue weighted by atomic mass is 9.98. The van der Waals surface area contributed by atoms with Crippen LogP contribution in [0.15, 0.2) is 34.1 Å². The van der Waals surface area contributed by atoms with Crippen LogP contribution in [0.4, 0.5) is 8.78 Å². The molecule has 0 radical (unpaired) electrons. The Morgan fingerprint density at radius 2 is 1.07 bits per heavy atom. The second-order valence-corrected chi connectivity index (χ2v) is 10.6. The highest BCUT2D eigenvalue weighted by Gasteiger charge is 2.29. The standard InChI is InChI=1S/C24H32F2O2S/c1-15(2)7-11-19-17(5)9-13-21(23(19)25)29(27,28)22-14-10-18(6)20(24(22)26)12-8-16(3)4/h9-10,13-16H,7-8,11-12H2,1-6H3. The summed E-state index contributed by atoms with van der Waals surface area (Å²) in [4.78, 5) is -0.890. The third kappa shape index (κ3) is 5.25. The van der Waals surface area contributed by atoms with E-state index >= 15 is 8.78 Å². The van der Waals surface area contributed by atoms with Crippen LogP contribution in [0.25, 0.3) is 0 Å². The first-order valence-corrected chi connectivity index (χ1v) is 11.8. The van der Waals surface area contributed by atoms with E-state index in [1.54, 1.807) is 26.0 Å². The van der Waals surface area contributed by atoms with Gasteiger partial charge in [0.2, 0.25) is 9.84 Å². The van der Waals surface area contributed by atoms with Crippen LogP contribution in [0.3, 0.4) is 0 Å². The van der Waals surface area contributed by atoms with E-state index in [-0.39, 0.29) is 0 Å². The van der Waals surface area contributed by atoms with Crippen molar-refractivity contribution in [1.29, 1.82) is 0 Å². The van der Waals surface area contributed by atoms with Gasteiger partial charge in [-0.15, -0.1) is 0 Å². The summed E-state index contributed by atoms with van der Waals surface area (Å²) in [7, 11) is -4.31. The Bertz CT molecular complexity index is 903. The lowest BCUT2D eigenvalue weighted by Crippen LogP contribution is -2.12. The van der Waals surface area contributed by atoms with E-state index in [1.165, 1.54) is 12.1 Å². The Balaban J connectivity index is 2.56. The Hall–Kier alpha value is -1.75. The molecule has 0 aliphatic rings. The van der Waals surface area contributed by atoms with Gasteiger partial charge in [-0.2, -0.15) is 0 Å². The van der Waals surface area contributed by atoms with Crippen LogP contribution >= 0.6 is 0 Å². The molecule has 5 heteroatoms. The summed E-state index contributed by atoms with van der Waals surface area (Å²) in [6.07, 6.45) is 2.41. The van der Waals surface area contributed by atoms with E-state index in [0.717, 1.165) is 12.8 Å². The molecule has 0 aliphatic carbocycles. The molecule has 29 heavy (non-hydrogen) atoms. The highest BCUT2D eigenvalue weighted by atomic mass is 32.2. The van der Waals surface area contributed by atoms with Crippen molar-refractivity contribution < 1.29 is 17.2 Å². The van der Waals surface area contributed by atoms with Crippen molar-refractivity contribution in [3.63, 3.8) is 0 Å². The maximum absolute atomic E-state index is 15.2. The topological polar surface area (TPSA) is 34.1 Å². The first-order chi connectivity index (χ1) is 13.5. The zero-order valence-corrected chi connectivity index (χ0v) is 19.1. The van der Waals surface area contributed by atoms with Crippen LogP contribution < -0.4 is 0 Å². The molecule has 0 aromatic heterocycles. The molecule has 0 saturated carbocycles. The Kier molecular flexibility index (Phi) is 7.61. The number of benzene rings is 2. The fraction of sp³-hybridized carbons (Fsp3) is 0.500. The predicted molar refractivity (Wildman–Crippen MR) is 114 cm³/mol. The SMILES string of the molecule is Cc1ccc(S(=O)(=O)c2ccc(C)c(CCC(C)C)c2F)c(F)c1CCC(C)C. The normalized spacial score (nSPS) is 12.2. The lowest BCUT2D eigenvalue weighted by molar-refractivity contribution is 0.524. The van der Waals surface area contributed by atoms with Gasteiger partial charge in [0.1, 0.15) is 21.4 Å². The molecule has 2 rings (SSSR count). The quantitative estimate of drug-likeness (QED) is 0.481. The zero-order valence-electron chi connectivity index (χ0n) is 18.3. The van der Waals surface area contributed by atoms with Gasteiger partial charge in [-0.05, 0) is 85.8 Å². The molecule has 0 aliphatic heterocycles. The number of rotatable bonds is 8. The van der Waals surface area contributed by atoms with Crippen LogP contribution in [-0.4, -0.2) is 8.42 Å². The largest absolute Gasteiger partial charge is 0.218 e. The molecule has 0 spiro atoms. The molecule has 160 valence electrons. The summed E-state index contributed by atoms with van der Waals surface area (Å²) in [6.45, 7) is 11.7. The second-order valence-electron chi connectivity index (χ2n) is 8.71. The van der Waals surface area contributed by atoms with Crippen LogP contribution in [0.1, 0.15) is 62.8 Å². The number of hydrogen-bond acceptors (Lipinski definition) is 2. The van der Waals surface area contributed by atoms with Gasteiger partial charge in [-0.1, -0.05) is 39.8 Å². The average molecular weight is 423 g/mol. The van der Waals surface area contributed by atoms with Crippen molar-refractivity contribution >= 4 is 9.84 Å². The minimum atomic E-state index is -4.31. The van der Waals surface area contributed by atoms with Gasteiger partial charge in [0.15, 0.2) is 0 Å². The summed E-state index contributed by atoms with van der Waals surface area (Å²) >= 11 is 0. The van der Waals surface area contributed by atoms with Crippen molar-refractivity contribution in [1.82, 2.24) is 0 Å². The van der Waals surface area contributed by atoms with Crippen LogP contribution in [-0.2, 0) is 22.7 Å². The Morgan fingerprint density at radius 3 is 1.38 bits per heavy atom. The first-order valence-electron chi connectivity index (χ1n) is 10.3. The van der Waals surface area contributed by atoms with Crippen molar-refractivity contribution in [2.75, 3.05) is 0 Å². The monoisotopic (exact) mass is 422 g/mol. The van der Waals surface area contributed by atoms with Crippen molar-refractivity contribution in [3.8, 4) is 0 Å². The summed E-state index contributed by atoms with van der Waals surface area (Å²) < 4.78 is 56.9. The van der Waals surface area contributed by atoms with E-state index < -0.39 is 31.3 Å². The highest BCUT2D eigenvalue weighted by molar-refractivity contribution is 7.91. The van der Waals surface area contributed by atoms with Crippen LogP contribution in [0.5, 0.6) is 0 Å². The molecule has 2 aromatic carbocycles. The maximum Gasteiger partial charge on any atom is 0.212 e. The number of halogens is 2. The van der Waals surface area contributed by atoms with Crippen molar-refractivity contribution in [3.05, 3.63) is 58.2 Å². The average Bonchev–Trinajstić information content (AvgIpc) is 2.60. The van der Waals surface area contributed by atoms with Gasteiger partial charge < -0.3 is 0 Å². The van der Waals surface area contributed by atoms with E-state index in [1.807, 2.05) is 27.7 Å². The molecular weight excluding hydrogens is 390 g/mol. The second kappa shape index (κ2) is 9.38. The van der Waals surface area contributed by atoms with Crippen molar-refractivity contribution in [2.45, 2.75) is 77.0 Å². The van der Waals surface area contributed by atoms with Crippen LogP contribution in [0.2, 0.25) is 0 Å². The third-order valence-corrected chi connectivity index (χ3v) is 7.20. The minimum absolute atomic E-state index is 0.368. The molecule has 0 bridgehead atoms. The molecule has 0 N–H and O–H groups in total. The van der Waals surface area contributed by atoms with Gasteiger partial charge >= 0.3 is 0 Å². The fourth-order valence-electron chi connectivity index (χ4n) is 3.41. The minimum Gasteiger partial charge on any atom is -0.218 e. The van der Waals surface area contributed by atoms with Gasteiger partial charge in [-0.3, -0.25) is 0 Å². The van der Waals surface area contributed by atoms with Gasteiger partial charge in [0, 0.05) is 0 Å². The predicted octanol–water partition coefficient (Wildman–Crippen LogP) is 6.59. The van der Waals surface area contributed by atoms with Gasteiger partial charge in [0.25, 0.3) is 0 Å². The van der Waals surface area contributed by atoms with E-state index in [2.05, 4.69) is 0 Å². The number of hydrogen-bond donors (Lipinski definition) is 0. The molecule has 0 heterocycles. The maximum atomic E-state index is 15.2. The molecule has 0 fully saturated rings. The van der Waals surface area contributed by atoms with E-state index in [0.29, 0.717) is 46.9 Å². The molecule has 2 aromatic rings. The smallest absolute Gasteiger partial charge is 0.212 e. The Labute approximate surface area is 174 Å². The molecule has 0 atom stereocenters. The Morgan fingerprint density at radius 1 is 0.724 bits per heavy atom. The summed E-state index contributed by atoms with van der Waals surface area (Å²) in [5.74, 6) is -0.775. The third-order valence-electron chi connectivity index (χ3n) is 5.41. The first kappa shape index (κ1) is 23.5. The van der Waals surface area contributed by atoms with Gasteiger partial charge in [0.05, 0.1) is 0 Å². The summed E-state index contributed by atoms with van der Waals surface area (Å²) in [5, 5.41) is 0. The lowest BCUT2D eigenvalue weighted by Gasteiger charge is -2.16. The van der Waals surface area contributed by atoms with E-state index in [9.17, 15) is 8.42 Å².